The predicted molar refractivity (Wildman–Crippen MR) is 147 cm³/mol. The standard InChI is InChI=1S/C31H24BrNO4/c1-21-16-25(13-15-27(21)32)30-33-28(31(34)37-30)17-24-12-14-26(35-19-22-8-4-2-5-9-22)18-29(24)36-20-23-10-6-3-7-11-23/h2-18H,19-20H2,1H3. The number of hydrogen-bond donors (Lipinski definition) is 0. The number of aliphatic imine (C=N–C) groups is 1. The summed E-state index contributed by atoms with van der Waals surface area (Å²) in [6, 6.07) is 31.1. The summed E-state index contributed by atoms with van der Waals surface area (Å²) < 4.78 is 18.6. The molecule has 37 heavy (non-hydrogen) atoms. The Morgan fingerprint density at radius 3 is 2.19 bits per heavy atom. The Balaban J connectivity index is 1.42. The molecular weight excluding hydrogens is 530 g/mol. The number of ether oxygens (including phenoxy) is 3. The van der Waals surface area contributed by atoms with Gasteiger partial charge in [-0.1, -0.05) is 76.6 Å². The van der Waals surface area contributed by atoms with E-state index >= 15 is 0 Å². The minimum absolute atomic E-state index is 0.207. The van der Waals surface area contributed by atoms with Gasteiger partial charge in [0.15, 0.2) is 5.70 Å². The third-order valence-corrected chi connectivity index (χ3v) is 6.68. The van der Waals surface area contributed by atoms with Gasteiger partial charge in [-0.15, -0.1) is 0 Å². The quantitative estimate of drug-likeness (QED) is 0.170. The normalized spacial score (nSPS) is 13.8. The van der Waals surface area contributed by atoms with Crippen LogP contribution >= 0.6 is 15.9 Å². The van der Waals surface area contributed by atoms with Crippen molar-refractivity contribution in [1.29, 1.82) is 0 Å². The first kappa shape index (κ1) is 24.5. The molecule has 4 aromatic rings. The molecule has 6 heteroatoms. The van der Waals surface area contributed by atoms with Crippen LogP contribution in [0, 0.1) is 6.92 Å². The molecule has 0 unspecified atom stereocenters. The van der Waals surface area contributed by atoms with E-state index in [1.165, 1.54) is 0 Å². The van der Waals surface area contributed by atoms with Crippen molar-refractivity contribution in [1.82, 2.24) is 0 Å². The number of rotatable bonds is 8. The fourth-order valence-electron chi connectivity index (χ4n) is 3.78. The van der Waals surface area contributed by atoms with Gasteiger partial charge in [-0.05, 0) is 60.0 Å². The number of halogens is 1. The number of hydrogen-bond acceptors (Lipinski definition) is 5. The van der Waals surface area contributed by atoms with Crippen LogP contribution in [0.2, 0.25) is 0 Å². The van der Waals surface area contributed by atoms with Gasteiger partial charge in [-0.25, -0.2) is 9.79 Å². The van der Waals surface area contributed by atoms with E-state index in [0.29, 0.717) is 30.3 Å². The lowest BCUT2D eigenvalue weighted by molar-refractivity contribution is -0.129. The molecular formula is C31H24BrNO4. The smallest absolute Gasteiger partial charge is 0.363 e. The molecule has 1 aliphatic heterocycles. The van der Waals surface area contributed by atoms with Crippen molar-refractivity contribution in [3.05, 3.63) is 135 Å². The maximum absolute atomic E-state index is 12.7. The van der Waals surface area contributed by atoms with Crippen LogP contribution in [0.4, 0.5) is 0 Å². The van der Waals surface area contributed by atoms with Crippen molar-refractivity contribution in [3.8, 4) is 11.5 Å². The SMILES string of the molecule is Cc1cc(C2=NC(=Cc3ccc(OCc4ccccc4)cc3OCc3ccccc3)C(=O)O2)ccc1Br. The van der Waals surface area contributed by atoms with Crippen molar-refractivity contribution in [3.63, 3.8) is 0 Å². The van der Waals surface area contributed by atoms with Gasteiger partial charge < -0.3 is 14.2 Å². The van der Waals surface area contributed by atoms with Gasteiger partial charge in [0.05, 0.1) is 0 Å². The molecule has 0 saturated heterocycles. The minimum Gasteiger partial charge on any atom is -0.489 e. The van der Waals surface area contributed by atoms with E-state index in [1.54, 1.807) is 6.08 Å². The molecule has 0 spiro atoms. The molecule has 5 rings (SSSR count). The van der Waals surface area contributed by atoms with E-state index in [4.69, 9.17) is 14.2 Å². The van der Waals surface area contributed by atoms with Gasteiger partial charge in [0.2, 0.25) is 5.90 Å². The third kappa shape index (κ3) is 6.16. The monoisotopic (exact) mass is 553 g/mol. The molecule has 0 fully saturated rings. The summed E-state index contributed by atoms with van der Waals surface area (Å²) in [7, 11) is 0. The Kier molecular flexibility index (Phi) is 7.47. The maximum atomic E-state index is 12.7. The molecule has 4 aromatic carbocycles. The summed E-state index contributed by atoms with van der Waals surface area (Å²) >= 11 is 3.49. The molecule has 5 nitrogen and oxygen atoms in total. The molecule has 1 aliphatic rings. The molecule has 0 N–H and O–H groups in total. The Morgan fingerprint density at radius 2 is 1.51 bits per heavy atom. The Labute approximate surface area is 224 Å². The van der Waals surface area contributed by atoms with E-state index in [0.717, 1.165) is 26.7 Å². The van der Waals surface area contributed by atoms with Gasteiger partial charge >= 0.3 is 5.97 Å². The van der Waals surface area contributed by atoms with Crippen molar-refractivity contribution in [2.24, 2.45) is 4.99 Å². The maximum Gasteiger partial charge on any atom is 0.363 e. The largest absolute Gasteiger partial charge is 0.489 e. The van der Waals surface area contributed by atoms with E-state index in [1.807, 2.05) is 104 Å². The lowest BCUT2D eigenvalue weighted by Gasteiger charge is -2.13. The van der Waals surface area contributed by atoms with Crippen molar-refractivity contribution < 1.29 is 19.0 Å². The van der Waals surface area contributed by atoms with E-state index in [9.17, 15) is 4.79 Å². The summed E-state index contributed by atoms with van der Waals surface area (Å²) in [6.45, 7) is 2.78. The second-order valence-corrected chi connectivity index (χ2v) is 9.40. The second kappa shape index (κ2) is 11.3. The van der Waals surface area contributed by atoms with Crippen LogP contribution < -0.4 is 9.47 Å². The topological polar surface area (TPSA) is 57.1 Å². The van der Waals surface area contributed by atoms with Gasteiger partial charge in [-0.2, -0.15) is 0 Å². The number of cyclic esters (lactones) is 1. The van der Waals surface area contributed by atoms with Crippen molar-refractivity contribution >= 4 is 33.9 Å². The highest BCUT2D eigenvalue weighted by Crippen LogP contribution is 2.30. The molecule has 0 bridgehead atoms. The summed E-state index contributed by atoms with van der Waals surface area (Å²) in [5.74, 6) is 1.02. The van der Waals surface area contributed by atoms with Crippen LogP contribution in [0.1, 0.15) is 27.8 Å². The molecule has 0 aliphatic carbocycles. The average Bonchev–Trinajstić information content (AvgIpc) is 3.29. The molecule has 184 valence electrons. The summed E-state index contributed by atoms with van der Waals surface area (Å²) in [4.78, 5) is 17.1. The summed E-state index contributed by atoms with van der Waals surface area (Å²) in [5, 5.41) is 0. The zero-order valence-electron chi connectivity index (χ0n) is 20.2. The molecule has 0 saturated carbocycles. The molecule has 0 aromatic heterocycles. The number of aryl methyl sites for hydroxylation is 1. The highest BCUT2D eigenvalue weighted by Gasteiger charge is 2.25. The van der Waals surface area contributed by atoms with E-state index in [2.05, 4.69) is 20.9 Å². The predicted octanol–water partition coefficient (Wildman–Crippen LogP) is 7.26. The van der Waals surface area contributed by atoms with E-state index < -0.39 is 5.97 Å². The zero-order valence-corrected chi connectivity index (χ0v) is 21.8. The Morgan fingerprint density at radius 1 is 0.838 bits per heavy atom. The lowest BCUT2D eigenvalue weighted by Crippen LogP contribution is -2.05. The van der Waals surface area contributed by atoms with Gasteiger partial charge in [-0.3, -0.25) is 0 Å². The third-order valence-electron chi connectivity index (χ3n) is 5.79. The Bertz CT molecular complexity index is 1480. The highest BCUT2D eigenvalue weighted by atomic mass is 79.9. The van der Waals surface area contributed by atoms with Crippen LogP contribution in [-0.4, -0.2) is 11.9 Å². The molecule has 0 atom stereocenters. The zero-order chi connectivity index (χ0) is 25.6. The first-order valence-electron chi connectivity index (χ1n) is 11.8. The Hall–Kier alpha value is -4.16. The van der Waals surface area contributed by atoms with Gasteiger partial charge in [0.1, 0.15) is 24.7 Å². The first-order chi connectivity index (χ1) is 18.0. The minimum atomic E-state index is -0.506. The lowest BCUT2D eigenvalue weighted by atomic mass is 10.1. The fraction of sp³-hybridized carbons (Fsp3) is 0.0968. The average molecular weight is 554 g/mol. The molecule has 0 radical (unpaired) electrons. The number of benzene rings is 4. The number of esters is 1. The van der Waals surface area contributed by atoms with Crippen molar-refractivity contribution in [2.75, 3.05) is 0 Å². The molecule has 1 heterocycles. The fourth-order valence-corrected chi connectivity index (χ4v) is 4.03. The van der Waals surface area contributed by atoms with Gasteiger partial charge in [0, 0.05) is 21.7 Å². The number of carbonyl (C=O) groups excluding carboxylic acids is 1. The molecule has 0 amide bonds. The van der Waals surface area contributed by atoms with Crippen LogP contribution in [0.15, 0.2) is 112 Å². The van der Waals surface area contributed by atoms with Crippen LogP contribution in [-0.2, 0) is 22.7 Å². The second-order valence-electron chi connectivity index (χ2n) is 8.55. The first-order valence-corrected chi connectivity index (χ1v) is 12.6. The van der Waals surface area contributed by atoms with E-state index in [-0.39, 0.29) is 11.6 Å². The van der Waals surface area contributed by atoms with Crippen LogP contribution in [0.5, 0.6) is 11.5 Å². The van der Waals surface area contributed by atoms with Crippen LogP contribution in [0.3, 0.4) is 0 Å². The summed E-state index contributed by atoms with van der Waals surface area (Å²) in [6.07, 6.45) is 1.68. The number of nitrogens with zero attached hydrogens (tertiary/aromatic N) is 1. The highest BCUT2D eigenvalue weighted by molar-refractivity contribution is 9.10. The van der Waals surface area contributed by atoms with Crippen LogP contribution in [0.25, 0.3) is 6.08 Å². The number of carbonyl (C=O) groups is 1. The van der Waals surface area contributed by atoms with Crippen molar-refractivity contribution in [2.45, 2.75) is 20.1 Å². The van der Waals surface area contributed by atoms with Gasteiger partial charge in [0.25, 0.3) is 0 Å². The summed E-state index contributed by atoms with van der Waals surface area (Å²) in [5.41, 5.74) is 4.77.